The highest BCUT2D eigenvalue weighted by Gasteiger charge is 2.37. The van der Waals surface area contributed by atoms with Crippen LogP contribution in [0.25, 0.3) is 0 Å². The molecule has 0 bridgehead atoms. The molecule has 1 heterocycles. The summed E-state index contributed by atoms with van der Waals surface area (Å²) in [7, 11) is -3.27. The summed E-state index contributed by atoms with van der Waals surface area (Å²) >= 11 is 0. The van der Waals surface area contributed by atoms with E-state index < -0.39 is 10.0 Å². The predicted molar refractivity (Wildman–Crippen MR) is 119 cm³/mol. The zero-order valence-electron chi connectivity index (χ0n) is 18.0. The van der Waals surface area contributed by atoms with Crippen molar-refractivity contribution in [2.45, 2.75) is 46.5 Å². The fourth-order valence-corrected chi connectivity index (χ4v) is 4.14. The average Bonchev–Trinajstić information content (AvgIpc) is 2.55. The molecule has 1 aliphatic rings. The molecule has 2 atom stereocenters. The Labute approximate surface area is 171 Å². The van der Waals surface area contributed by atoms with Gasteiger partial charge in [0, 0.05) is 24.2 Å². The summed E-state index contributed by atoms with van der Waals surface area (Å²) in [6.07, 6.45) is 6.33. The minimum absolute atomic E-state index is 0.0292. The van der Waals surface area contributed by atoms with Gasteiger partial charge in [0.15, 0.2) is 0 Å². The van der Waals surface area contributed by atoms with E-state index in [1.807, 2.05) is 18.2 Å². The van der Waals surface area contributed by atoms with Crippen molar-refractivity contribution in [1.82, 2.24) is 4.90 Å². The van der Waals surface area contributed by atoms with Gasteiger partial charge in [0.1, 0.15) is 0 Å². The van der Waals surface area contributed by atoms with Crippen molar-refractivity contribution in [3.8, 4) is 11.8 Å². The van der Waals surface area contributed by atoms with Crippen LogP contribution in [0.3, 0.4) is 0 Å². The molecule has 28 heavy (non-hydrogen) atoms. The van der Waals surface area contributed by atoms with Crippen LogP contribution in [-0.2, 0) is 15.4 Å². The molecule has 1 fully saturated rings. The second-order valence-electron chi connectivity index (χ2n) is 9.20. The first-order valence-corrected chi connectivity index (χ1v) is 11.8. The molecule has 0 aliphatic carbocycles. The number of piperidine rings is 1. The van der Waals surface area contributed by atoms with Gasteiger partial charge < -0.3 is 0 Å². The maximum atomic E-state index is 11.5. The standard InChI is InChI=1S/C23H34N2O2S/c1-19-18-25(15-9-7-8-13-22(2,3)4)16-14-23(19,5)20-11-10-12-21(17-20)24-28(6,26)27/h7,9-12,17,19,24H,14-16,18H2,1-6H3/b9-7+/t19-,23-/m0/s1. The first-order valence-electron chi connectivity index (χ1n) is 9.87. The van der Waals surface area contributed by atoms with Crippen LogP contribution in [0.15, 0.2) is 36.4 Å². The molecular formula is C23H34N2O2S. The number of nitrogens with zero attached hydrogens (tertiary/aromatic N) is 1. The van der Waals surface area contributed by atoms with Crippen LogP contribution in [0.4, 0.5) is 5.69 Å². The fourth-order valence-electron chi connectivity index (χ4n) is 3.58. The van der Waals surface area contributed by atoms with Crippen LogP contribution >= 0.6 is 0 Å². The predicted octanol–water partition coefficient (Wildman–Crippen LogP) is 4.26. The third-order valence-corrected chi connectivity index (χ3v) is 6.01. The average molecular weight is 403 g/mol. The zero-order valence-corrected chi connectivity index (χ0v) is 18.9. The van der Waals surface area contributed by atoms with Crippen molar-refractivity contribution in [3.05, 3.63) is 42.0 Å². The molecule has 0 saturated carbocycles. The number of benzene rings is 1. The second-order valence-corrected chi connectivity index (χ2v) is 11.0. The van der Waals surface area contributed by atoms with Gasteiger partial charge >= 0.3 is 0 Å². The van der Waals surface area contributed by atoms with Gasteiger partial charge in [-0.15, -0.1) is 0 Å². The highest BCUT2D eigenvalue weighted by molar-refractivity contribution is 7.92. The molecule has 5 heteroatoms. The largest absolute Gasteiger partial charge is 0.299 e. The van der Waals surface area contributed by atoms with E-state index in [9.17, 15) is 8.42 Å². The molecule has 1 aromatic carbocycles. The van der Waals surface area contributed by atoms with Crippen LogP contribution in [0.2, 0.25) is 0 Å². The monoisotopic (exact) mass is 402 g/mol. The molecule has 0 radical (unpaired) electrons. The molecule has 0 aromatic heterocycles. The van der Waals surface area contributed by atoms with E-state index in [4.69, 9.17) is 0 Å². The molecule has 2 rings (SSSR count). The van der Waals surface area contributed by atoms with Gasteiger partial charge in [0.05, 0.1) is 6.26 Å². The minimum atomic E-state index is -3.27. The maximum absolute atomic E-state index is 11.5. The molecule has 1 N–H and O–H groups in total. The topological polar surface area (TPSA) is 49.4 Å². The van der Waals surface area contributed by atoms with Gasteiger partial charge in [0.25, 0.3) is 0 Å². The summed E-state index contributed by atoms with van der Waals surface area (Å²) in [4.78, 5) is 2.46. The molecule has 1 saturated heterocycles. The van der Waals surface area contributed by atoms with E-state index in [2.05, 4.69) is 68.2 Å². The Balaban J connectivity index is 2.03. The van der Waals surface area contributed by atoms with Crippen molar-refractivity contribution in [1.29, 1.82) is 0 Å². The Kier molecular flexibility index (Phi) is 7.01. The Morgan fingerprint density at radius 1 is 1.36 bits per heavy atom. The van der Waals surface area contributed by atoms with Crippen molar-refractivity contribution in [2.24, 2.45) is 11.3 Å². The lowest BCUT2D eigenvalue weighted by Crippen LogP contribution is -2.47. The van der Waals surface area contributed by atoms with Crippen LogP contribution in [0.1, 0.15) is 46.6 Å². The smallest absolute Gasteiger partial charge is 0.229 e. The van der Waals surface area contributed by atoms with Crippen LogP contribution in [0, 0.1) is 23.2 Å². The second kappa shape index (κ2) is 8.71. The first kappa shape index (κ1) is 22.5. The van der Waals surface area contributed by atoms with E-state index in [0.29, 0.717) is 11.6 Å². The highest BCUT2D eigenvalue weighted by Crippen LogP contribution is 2.40. The number of rotatable bonds is 5. The van der Waals surface area contributed by atoms with Crippen molar-refractivity contribution < 1.29 is 8.42 Å². The molecule has 0 amide bonds. The summed E-state index contributed by atoms with van der Waals surface area (Å²) in [5, 5.41) is 0. The number of anilines is 1. The number of sulfonamides is 1. The molecule has 154 valence electrons. The van der Waals surface area contributed by atoms with Crippen molar-refractivity contribution in [3.63, 3.8) is 0 Å². The Morgan fingerprint density at radius 2 is 2.07 bits per heavy atom. The van der Waals surface area contributed by atoms with E-state index in [1.54, 1.807) is 6.07 Å². The summed E-state index contributed by atoms with van der Waals surface area (Å²) in [6, 6.07) is 7.83. The lowest BCUT2D eigenvalue weighted by Gasteiger charge is -2.45. The SMILES string of the molecule is C[C@H]1CN(C/C=C/C#CC(C)(C)C)CC[C@]1(C)c1cccc(NS(C)(=O)=O)c1. The zero-order chi connectivity index (χ0) is 21.0. The van der Waals surface area contributed by atoms with Crippen LogP contribution in [-0.4, -0.2) is 39.2 Å². The fraction of sp³-hybridized carbons (Fsp3) is 0.565. The maximum Gasteiger partial charge on any atom is 0.229 e. The minimum Gasteiger partial charge on any atom is -0.299 e. The number of allylic oxidation sites excluding steroid dienone is 1. The lowest BCUT2D eigenvalue weighted by molar-refractivity contribution is 0.121. The summed E-state index contributed by atoms with van der Waals surface area (Å²) in [6.45, 7) is 13.9. The van der Waals surface area contributed by atoms with Gasteiger partial charge in [-0.1, -0.05) is 43.9 Å². The number of hydrogen-bond donors (Lipinski definition) is 1. The summed E-state index contributed by atoms with van der Waals surface area (Å²) < 4.78 is 25.7. The number of nitrogens with one attached hydrogen (secondary N) is 1. The third kappa shape index (κ3) is 6.68. The molecule has 0 spiro atoms. The lowest BCUT2D eigenvalue weighted by atomic mass is 9.68. The van der Waals surface area contributed by atoms with Crippen molar-refractivity contribution >= 4 is 15.7 Å². The van der Waals surface area contributed by atoms with Crippen molar-refractivity contribution in [2.75, 3.05) is 30.6 Å². The van der Waals surface area contributed by atoms with Crippen LogP contribution < -0.4 is 4.72 Å². The van der Waals surface area contributed by atoms with Gasteiger partial charge in [0.2, 0.25) is 10.0 Å². The summed E-state index contributed by atoms with van der Waals surface area (Å²) in [5.41, 5.74) is 1.89. The molecular weight excluding hydrogens is 368 g/mol. The normalized spacial score (nSPS) is 24.0. The van der Waals surface area contributed by atoms with E-state index in [0.717, 1.165) is 26.1 Å². The Bertz CT molecular complexity index is 872. The van der Waals surface area contributed by atoms with Gasteiger partial charge in [-0.05, 0) is 68.8 Å². The Morgan fingerprint density at radius 3 is 2.68 bits per heavy atom. The van der Waals surface area contributed by atoms with Gasteiger partial charge in [-0.3, -0.25) is 9.62 Å². The van der Waals surface area contributed by atoms with Gasteiger partial charge in [-0.25, -0.2) is 8.42 Å². The number of hydrogen-bond acceptors (Lipinski definition) is 3. The first-order chi connectivity index (χ1) is 12.9. The molecule has 0 unspecified atom stereocenters. The highest BCUT2D eigenvalue weighted by atomic mass is 32.2. The number of likely N-dealkylation sites (tertiary alicyclic amines) is 1. The van der Waals surface area contributed by atoms with Gasteiger partial charge in [-0.2, -0.15) is 0 Å². The molecule has 1 aliphatic heterocycles. The quantitative estimate of drug-likeness (QED) is 0.749. The third-order valence-electron chi connectivity index (χ3n) is 5.40. The summed E-state index contributed by atoms with van der Waals surface area (Å²) in [5.74, 6) is 6.81. The molecule has 1 aromatic rings. The van der Waals surface area contributed by atoms with Crippen LogP contribution in [0.5, 0.6) is 0 Å². The van der Waals surface area contributed by atoms with E-state index in [-0.39, 0.29) is 10.8 Å². The van der Waals surface area contributed by atoms with E-state index in [1.165, 1.54) is 11.8 Å². The van der Waals surface area contributed by atoms with E-state index >= 15 is 0 Å². The molecule has 4 nitrogen and oxygen atoms in total. The Hall–Kier alpha value is -1.77.